The van der Waals surface area contributed by atoms with Crippen LogP contribution >= 0.6 is 0 Å². The molecule has 0 fully saturated rings. The van der Waals surface area contributed by atoms with Gasteiger partial charge in [0.2, 0.25) is 5.56 Å². The first-order valence-corrected chi connectivity index (χ1v) is 6.15. The van der Waals surface area contributed by atoms with Crippen molar-refractivity contribution in [3.63, 3.8) is 0 Å². The summed E-state index contributed by atoms with van der Waals surface area (Å²) in [7, 11) is 1.41. The van der Waals surface area contributed by atoms with Gasteiger partial charge in [-0.05, 0) is 17.2 Å². The van der Waals surface area contributed by atoms with Crippen molar-refractivity contribution in [2.24, 2.45) is 0 Å². The summed E-state index contributed by atoms with van der Waals surface area (Å²) < 4.78 is 18.7. The summed E-state index contributed by atoms with van der Waals surface area (Å²) >= 11 is 0. The summed E-state index contributed by atoms with van der Waals surface area (Å²) in [5.74, 6) is -0.345. The van der Waals surface area contributed by atoms with Gasteiger partial charge in [0.05, 0.1) is 12.6 Å². The Bertz CT molecular complexity index is 825. The molecule has 0 amide bonds. The minimum atomic E-state index is -0.499. The summed E-state index contributed by atoms with van der Waals surface area (Å²) in [5, 5.41) is 0.744. The predicted molar refractivity (Wildman–Crippen MR) is 76.5 cm³/mol. The lowest BCUT2D eigenvalue weighted by molar-refractivity contribution is 0.387. The normalized spacial score (nSPS) is 10.7. The summed E-state index contributed by atoms with van der Waals surface area (Å²) in [4.78, 5) is 14.4. The molecule has 0 radical (unpaired) electrons. The number of nitrogens with one attached hydrogen (secondary N) is 1. The number of H-pyrrole nitrogens is 1. The van der Waals surface area contributed by atoms with E-state index in [1.54, 1.807) is 6.07 Å². The van der Waals surface area contributed by atoms with Crippen molar-refractivity contribution < 1.29 is 9.13 Å². The number of hydrogen-bond donors (Lipinski definition) is 1. The van der Waals surface area contributed by atoms with E-state index in [0.717, 1.165) is 16.5 Å². The fraction of sp³-hybridized carbons (Fsp3) is 0.0625. The van der Waals surface area contributed by atoms with Crippen LogP contribution in [0, 0.1) is 5.82 Å². The van der Waals surface area contributed by atoms with Gasteiger partial charge in [0.1, 0.15) is 0 Å². The second kappa shape index (κ2) is 4.81. The molecule has 1 N–H and O–H groups in total. The molecule has 0 spiro atoms. The average Bonchev–Trinajstić information content (AvgIpc) is 2.46. The van der Waals surface area contributed by atoms with E-state index in [2.05, 4.69) is 4.98 Å². The number of hydrogen-bond acceptors (Lipinski definition) is 2. The Labute approximate surface area is 114 Å². The number of methoxy groups -OCH3 is 1. The molecule has 0 aliphatic carbocycles. The van der Waals surface area contributed by atoms with Gasteiger partial charge >= 0.3 is 0 Å². The molecule has 4 heteroatoms. The van der Waals surface area contributed by atoms with E-state index in [4.69, 9.17) is 4.74 Å². The number of aromatic nitrogens is 1. The fourth-order valence-electron chi connectivity index (χ4n) is 2.27. The molecule has 3 rings (SSSR count). The van der Waals surface area contributed by atoms with E-state index in [1.807, 2.05) is 30.3 Å². The number of rotatable bonds is 2. The van der Waals surface area contributed by atoms with E-state index in [9.17, 15) is 9.18 Å². The Morgan fingerprint density at radius 2 is 1.85 bits per heavy atom. The van der Waals surface area contributed by atoms with Crippen LogP contribution in [0.1, 0.15) is 0 Å². The number of halogens is 1. The van der Waals surface area contributed by atoms with Crippen LogP contribution in [-0.2, 0) is 0 Å². The summed E-state index contributed by atoms with van der Waals surface area (Å²) in [5.41, 5.74) is 1.84. The topological polar surface area (TPSA) is 42.1 Å². The summed E-state index contributed by atoms with van der Waals surface area (Å²) in [6.45, 7) is 0. The summed E-state index contributed by atoms with van der Waals surface area (Å²) in [6.07, 6.45) is 0. The van der Waals surface area contributed by atoms with Gasteiger partial charge < -0.3 is 9.72 Å². The second-order valence-corrected chi connectivity index (χ2v) is 4.45. The molecule has 0 aliphatic rings. The van der Waals surface area contributed by atoms with Crippen molar-refractivity contribution in [1.29, 1.82) is 0 Å². The first-order valence-electron chi connectivity index (χ1n) is 6.15. The molecule has 3 aromatic rings. The maximum absolute atomic E-state index is 13.7. The number of ether oxygens (including phenoxy) is 1. The van der Waals surface area contributed by atoms with Gasteiger partial charge in [0.25, 0.3) is 0 Å². The predicted octanol–water partition coefficient (Wildman–Crippen LogP) is 3.34. The molecule has 20 heavy (non-hydrogen) atoms. The highest BCUT2D eigenvalue weighted by Crippen LogP contribution is 2.30. The van der Waals surface area contributed by atoms with Crippen molar-refractivity contribution in [1.82, 2.24) is 4.98 Å². The Morgan fingerprint density at radius 1 is 1.10 bits per heavy atom. The van der Waals surface area contributed by atoms with E-state index in [-0.39, 0.29) is 11.3 Å². The second-order valence-electron chi connectivity index (χ2n) is 4.45. The molecule has 1 heterocycles. The third kappa shape index (κ3) is 2.05. The molecule has 0 saturated heterocycles. The molecular formula is C16H12FNO2. The monoisotopic (exact) mass is 269 g/mol. The molecule has 100 valence electrons. The maximum atomic E-state index is 13.7. The van der Waals surface area contributed by atoms with Gasteiger partial charge in [-0.3, -0.25) is 4.79 Å². The SMILES string of the molecule is COc1cc2c(-c3ccccc3)cc(=O)[nH]c2cc1F. The van der Waals surface area contributed by atoms with Crippen molar-refractivity contribution >= 4 is 10.9 Å². The highest BCUT2D eigenvalue weighted by atomic mass is 19.1. The largest absolute Gasteiger partial charge is 0.494 e. The van der Waals surface area contributed by atoms with Crippen molar-refractivity contribution in [2.45, 2.75) is 0 Å². The van der Waals surface area contributed by atoms with Crippen LogP contribution in [0.15, 0.2) is 53.3 Å². The minimum absolute atomic E-state index is 0.154. The number of pyridine rings is 1. The third-order valence-corrected chi connectivity index (χ3v) is 3.20. The third-order valence-electron chi connectivity index (χ3n) is 3.20. The highest BCUT2D eigenvalue weighted by Gasteiger charge is 2.10. The van der Waals surface area contributed by atoms with Crippen molar-refractivity contribution in [3.05, 3.63) is 64.7 Å². The van der Waals surface area contributed by atoms with Gasteiger partial charge in [-0.15, -0.1) is 0 Å². The van der Waals surface area contributed by atoms with Gasteiger partial charge in [-0.25, -0.2) is 4.39 Å². The molecule has 2 aromatic carbocycles. The zero-order chi connectivity index (χ0) is 14.1. The average molecular weight is 269 g/mol. The minimum Gasteiger partial charge on any atom is -0.494 e. The molecule has 3 nitrogen and oxygen atoms in total. The highest BCUT2D eigenvalue weighted by molar-refractivity contribution is 5.95. The number of fused-ring (bicyclic) bond motifs is 1. The van der Waals surface area contributed by atoms with Gasteiger partial charge in [0.15, 0.2) is 11.6 Å². The Kier molecular flexibility index (Phi) is 2.99. The zero-order valence-corrected chi connectivity index (χ0v) is 10.8. The van der Waals surface area contributed by atoms with Crippen molar-refractivity contribution in [3.8, 4) is 16.9 Å². The van der Waals surface area contributed by atoms with Crippen LogP contribution < -0.4 is 10.3 Å². The lowest BCUT2D eigenvalue weighted by Crippen LogP contribution is -2.05. The smallest absolute Gasteiger partial charge is 0.249 e. The van der Waals surface area contributed by atoms with E-state index >= 15 is 0 Å². The van der Waals surface area contributed by atoms with Gasteiger partial charge in [0, 0.05) is 17.5 Å². The Hall–Kier alpha value is -2.62. The Morgan fingerprint density at radius 3 is 2.55 bits per heavy atom. The van der Waals surface area contributed by atoms with E-state index < -0.39 is 5.82 Å². The lowest BCUT2D eigenvalue weighted by atomic mass is 10.0. The molecule has 0 aliphatic heterocycles. The van der Waals surface area contributed by atoms with Crippen LogP contribution in [0.5, 0.6) is 5.75 Å². The first kappa shape index (κ1) is 12.4. The van der Waals surface area contributed by atoms with E-state index in [1.165, 1.54) is 19.2 Å². The molecule has 0 unspecified atom stereocenters. The molecule has 0 bridgehead atoms. The van der Waals surface area contributed by atoms with E-state index in [0.29, 0.717) is 5.52 Å². The lowest BCUT2D eigenvalue weighted by Gasteiger charge is -2.09. The quantitative estimate of drug-likeness (QED) is 0.775. The van der Waals surface area contributed by atoms with Crippen molar-refractivity contribution in [2.75, 3.05) is 7.11 Å². The molecule has 0 saturated carbocycles. The van der Waals surface area contributed by atoms with Crippen LogP contribution in [-0.4, -0.2) is 12.1 Å². The number of aromatic amines is 1. The molecule has 0 atom stereocenters. The Balaban J connectivity index is 2.39. The standard InChI is InChI=1S/C16H12FNO2/c1-20-15-7-12-11(10-5-3-2-4-6-10)8-16(19)18-14(12)9-13(15)17/h2-9H,1H3,(H,18,19). The maximum Gasteiger partial charge on any atom is 0.249 e. The van der Waals surface area contributed by atoms with Gasteiger partial charge in [-0.1, -0.05) is 30.3 Å². The van der Waals surface area contributed by atoms with Crippen LogP contribution in [0.2, 0.25) is 0 Å². The number of benzene rings is 2. The van der Waals surface area contributed by atoms with Crippen LogP contribution in [0.3, 0.4) is 0 Å². The molecular weight excluding hydrogens is 257 g/mol. The first-order chi connectivity index (χ1) is 9.69. The summed E-state index contributed by atoms with van der Waals surface area (Å²) in [6, 6.07) is 13.9. The van der Waals surface area contributed by atoms with Crippen LogP contribution in [0.25, 0.3) is 22.0 Å². The van der Waals surface area contributed by atoms with Crippen LogP contribution in [0.4, 0.5) is 4.39 Å². The van der Waals surface area contributed by atoms with Gasteiger partial charge in [-0.2, -0.15) is 0 Å². The zero-order valence-electron chi connectivity index (χ0n) is 10.8. The fourth-order valence-corrected chi connectivity index (χ4v) is 2.27. The molecule has 1 aromatic heterocycles.